The van der Waals surface area contributed by atoms with Crippen LogP contribution >= 0.6 is 0 Å². The van der Waals surface area contributed by atoms with Crippen LogP contribution in [0.25, 0.3) is 4.47 Å². The van der Waals surface area contributed by atoms with Gasteiger partial charge in [0.05, 0.1) is 0 Å². The number of rotatable bonds is 5. The van der Waals surface area contributed by atoms with E-state index in [1.165, 1.54) is 46.6 Å². The first-order chi connectivity index (χ1) is 10.4. The van der Waals surface area contributed by atoms with Crippen LogP contribution in [-0.2, 0) is 0 Å². The Morgan fingerprint density at radius 2 is 1.90 bits per heavy atom. The van der Waals surface area contributed by atoms with Crippen LogP contribution in [0.3, 0.4) is 0 Å². The molecule has 1 heteroatoms. The van der Waals surface area contributed by atoms with Gasteiger partial charge in [-0.1, -0.05) is 0 Å². The summed E-state index contributed by atoms with van der Waals surface area (Å²) in [5, 5.41) is 1.28. The molecule has 1 heterocycles. The first-order valence-corrected chi connectivity index (χ1v) is 9.89. The van der Waals surface area contributed by atoms with Crippen molar-refractivity contribution in [3.05, 3.63) is 41.5 Å². The number of unbranched alkanes of at least 4 members (excludes halogenated alkanes) is 4. The Balaban J connectivity index is 1.93. The van der Waals surface area contributed by atoms with E-state index in [1.807, 2.05) is 0 Å². The fourth-order valence-electron chi connectivity index (χ4n) is 2.28. The average Bonchev–Trinajstić information content (AvgIpc) is 2.99. The molecule has 0 fully saturated rings. The van der Waals surface area contributed by atoms with Gasteiger partial charge in [-0.2, -0.15) is 0 Å². The van der Waals surface area contributed by atoms with E-state index in [2.05, 4.69) is 60.9 Å². The van der Waals surface area contributed by atoms with Crippen molar-refractivity contribution in [2.45, 2.75) is 50.8 Å². The third kappa shape index (κ3) is 5.47. The minimum absolute atomic E-state index is 0.582. The quantitative estimate of drug-likeness (QED) is 0.406. The predicted octanol–water partition coefficient (Wildman–Crippen LogP) is 4.90. The van der Waals surface area contributed by atoms with Crippen molar-refractivity contribution < 1.29 is 0 Å². The standard InChI is InChI=1S/C20H22Se/c1-2-3-4-5-6-7-8-10-15-19-16-17-21-20(19)18-13-11-9-12-14-18/h9,11-14H,2-6,16-17H2,1H3. The van der Waals surface area contributed by atoms with Gasteiger partial charge in [-0.05, 0) is 0 Å². The summed E-state index contributed by atoms with van der Waals surface area (Å²) in [7, 11) is 0. The van der Waals surface area contributed by atoms with Gasteiger partial charge < -0.3 is 0 Å². The van der Waals surface area contributed by atoms with Gasteiger partial charge in [0.1, 0.15) is 0 Å². The summed E-state index contributed by atoms with van der Waals surface area (Å²) in [6.45, 7) is 2.23. The van der Waals surface area contributed by atoms with Crippen molar-refractivity contribution >= 4 is 19.4 Å². The Hall–Kier alpha value is -1.40. The van der Waals surface area contributed by atoms with Gasteiger partial charge in [-0.25, -0.2) is 0 Å². The van der Waals surface area contributed by atoms with Gasteiger partial charge in [0, 0.05) is 0 Å². The first kappa shape index (κ1) is 16.0. The second-order valence-electron chi connectivity index (χ2n) is 5.13. The van der Waals surface area contributed by atoms with E-state index in [-0.39, 0.29) is 0 Å². The Bertz CT molecular complexity index is 587. The number of allylic oxidation sites excluding steroid dienone is 1. The van der Waals surface area contributed by atoms with Crippen LogP contribution in [0.15, 0.2) is 35.9 Å². The van der Waals surface area contributed by atoms with E-state index in [0.29, 0.717) is 15.0 Å². The zero-order valence-electron chi connectivity index (χ0n) is 12.7. The second kappa shape index (κ2) is 9.52. The summed E-state index contributed by atoms with van der Waals surface area (Å²) in [5.74, 6) is 12.6. The first-order valence-electron chi connectivity index (χ1n) is 7.82. The van der Waals surface area contributed by atoms with E-state index in [1.54, 1.807) is 0 Å². The molecule has 0 nitrogen and oxygen atoms in total. The van der Waals surface area contributed by atoms with Gasteiger partial charge in [-0.3, -0.25) is 0 Å². The van der Waals surface area contributed by atoms with E-state index in [4.69, 9.17) is 0 Å². The van der Waals surface area contributed by atoms with Crippen LogP contribution in [0.5, 0.6) is 0 Å². The fourth-order valence-corrected chi connectivity index (χ4v) is 4.67. The molecule has 2 rings (SSSR count). The maximum atomic E-state index is 3.30. The van der Waals surface area contributed by atoms with Gasteiger partial charge in [-0.15, -0.1) is 0 Å². The van der Waals surface area contributed by atoms with Crippen molar-refractivity contribution in [1.29, 1.82) is 0 Å². The molecule has 1 aromatic carbocycles. The molecule has 0 aromatic heterocycles. The molecule has 0 atom stereocenters. The Morgan fingerprint density at radius 3 is 2.71 bits per heavy atom. The van der Waals surface area contributed by atoms with Gasteiger partial charge in [0.15, 0.2) is 0 Å². The maximum absolute atomic E-state index is 3.30. The third-order valence-electron chi connectivity index (χ3n) is 3.43. The molecule has 0 unspecified atom stereocenters. The van der Waals surface area contributed by atoms with Crippen LogP contribution in [0.1, 0.15) is 51.0 Å². The molecule has 0 N–H and O–H groups in total. The van der Waals surface area contributed by atoms with Crippen LogP contribution in [0, 0.1) is 23.7 Å². The van der Waals surface area contributed by atoms with E-state index in [9.17, 15) is 0 Å². The number of hydrogen-bond donors (Lipinski definition) is 0. The second-order valence-corrected chi connectivity index (χ2v) is 7.45. The summed E-state index contributed by atoms with van der Waals surface area (Å²) in [6.07, 6.45) is 7.24. The Labute approximate surface area is 135 Å². The zero-order chi connectivity index (χ0) is 14.8. The monoisotopic (exact) mass is 342 g/mol. The van der Waals surface area contributed by atoms with Gasteiger partial charge in [0.2, 0.25) is 0 Å². The number of hydrogen-bond acceptors (Lipinski definition) is 0. The number of benzene rings is 1. The minimum atomic E-state index is 0.582. The molecular weight excluding hydrogens is 319 g/mol. The molecule has 0 amide bonds. The summed E-state index contributed by atoms with van der Waals surface area (Å²) in [4.78, 5) is 0. The van der Waals surface area contributed by atoms with Crippen LogP contribution in [0.2, 0.25) is 5.32 Å². The Kier molecular flexibility index (Phi) is 7.24. The summed E-state index contributed by atoms with van der Waals surface area (Å²) < 4.78 is 1.49. The average molecular weight is 341 g/mol. The van der Waals surface area contributed by atoms with Crippen molar-refractivity contribution in [3.8, 4) is 23.7 Å². The van der Waals surface area contributed by atoms with Crippen LogP contribution in [0.4, 0.5) is 0 Å². The summed E-state index contributed by atoms with van der Waals surface area (Å²) in [6, 6.07) is 10.7. The molecule has 0 bridgehead atoms. The molecule has 0 aliphatic carbocycles. The molecule has 0 saturated heterocycles. The topological polar surface area (TPSA) is 0 Å². The molecule has 1 aliphatic heterocycles. The Morgan fingerprint density at radius 1 is 1.05 bits per heavy atom. The molecule has 1 aliphatic rings. The van der Waals surface area contributed by atoms with E-state index in [0.717, 1.165) is 12.8 Å². The van der Waals surface area contributed by atoms with Crippen molar-refractivity contribution in [2.24, 2.45) is 0 Å². The zero-order valence-corrected chi connectivity index (χ0v) is 14.5. The molecule has 21 heavy (non-hydrogen) atoms. The fraction of sp³-hybridized carbons (Fsp3) is 0.400. The normalized spacial score (nSPS) is 13.4. The van der Waals surface area contributed by atoms with E-state index < -0.39 is 0 Å². The molecule has 0 spiro atoms. The summed E-state index contributed by atoms with van der Waals surface area (Å²) in [5.41, 5.74) is 2.67. The van der Waals surface area contributed by atoms with Gasteiger partial charge >= 0.3 is 135 Å². The van der Waals surface area contributed by atoms with Crippen LogP contribution in [-0.4, -0.2) is 15.0 Å². The summed E-state index contributed by atoms with van der Waals surface area (Å²) >= 11 is 0.582. The molecule has 108 valence electrons. The van der Waals surface area contributed by atoms with Gasteiger partial charge in [0.25, 0.3) is 0 Å². The molecular formula is C20H22Se. The van der Waals surface area contributed by atoms with Crippen molar-refractivity contribution in [3.63, 3.8) is 0 Å². The molecule has 1 aromatic rings. The van der Waals surface area contributed by atoms with Crippen LogP contribution < -0.4 is 0 Å². The van der Waals surface area contributed by atoms with Crippen molar-refractivity contribution in [1.82, 2.24) is 0 Å². The molecule has 0 saturated carbocycles. The predicted molar refractivity (Wildman–Crippen MR) is 92.9 cm³/mol. The molecule has 0 radical (unpaired) electrons. The van der Waals surface area contributed by atoms with Crippen molar-refractivity contribution in [2.75, 3.05) is 0 Å². The third-order valence-corrected chi connectivity index (χ3v) is 5.90. The SMILES string of the molecule is CCCCCCC#CC#CC1=C(c2ccccc2)[Se]CC1. The van der Waals surface area contributed by atoms with E-state index >= 15 is 0 Å².